The predicted octanol–water partition coefficient (Wildman–Crippen LogP) is 1.60. The molecule has 0 amide bonds. The van der Waals surface area contributed by atoms with Crippen LogP contribution in [0.1, 0.15) is 11.4 Å². The molecule has 0 atom stereocenters. The first-order valence-corrected chi connectivity index (χ1v) is 6.24. The predicted molar refractivity (Wildman–Crippen MR) is 73.7 cm³/mol. The molecule has 3 heterocycles. The number of nitrogens with zero attached hydrogens (tertiary/aromatic N) is 4. The van der Waals surface area contributed by atoms with E-state index in [1.807, 2.05) is 41.9 Å². The van der Waals surface area contributed by atoms with E-state index < -0.39 is 0 Å². The fourth-order valence-electron chi connectivity index (χ4n) is 2.16. The maximum atomic E-state index is 5.54. The van der Waals surface area contributed by atoms with Crippen LogP contribution in [0.4, 0.5) is 0 Å². The fraction of sp³-hybridized carbons (Fsp3) is 0.214. The summed E-state index contributed by atoms with van der Waals surface area (Å²) in [6.07, 6.45) is 6.35. The maximum absolute atomic E-state index is 5.54. The van der Waals surface area contributed by atoms with Gasteiger partial charge >= 0.3 is 0 Å². The van der Waals surface area contributed by atoms with Gasteiger partial charge in [-0.2, -0.15) is 0 Å². The summed E-state index contributed by atoms with van der Waals surface area (Å²) >= 11 is 0. The lowest BCUT2D eigenvalue weighted by Crippen LogP contribution is -2.06. The molecule has 3 rings (SSSR count). The van der Waals surface area contributed by atoms with Gasteiger partial charge in [0.05, 0.1) is 23.3 Å². The average Bonchev–Trinajstić information content (AvgIpc) is 2.83. The Morgan fingerprint density at radius 2 is 2.11 bits per heavy atom. The van der Waals surface area contributed by atoms with Crippen LogP contribution in [-0.2, 0) is 6.42 Å². The van der Waals surface area contributed by atoms with Gasteiger partial charge in [-0.3, -0.25) is 14.4 Å². The van der Waals surface area contributed by atoms with Gasteiger partial charge in [-0.1, -0.05) is 6.07 Å². The van der Waals surface area contributed by atoms with E-state index in [0.717, 1.165) is 34.8 Å². The van der Waals surface area contributed by atoms with Crippen molar-refractivity contribution in [2.75, 3.05) is 6.54 Å². The largest absolute Gasteiger partial charge is 0.330 e. The summed E-state index contributed by atoms with van der Waals surface area (Å²) in [5.74, 6) is 0. The molecule has 5 nitrogen and oxygen atoms in total. The third-order valence-electron chi connectivity index (χ3n) is 3.06. The van der Waals surface area contributed by atoms with Crippen LogP contribution in [0.15, 0.2) is 36.8 Å². The Morgan fingerprint density at radius 3 is 2.89 bits per heavy atom. The zero-order chi connectivity index (χ0) is 13.2. The topological polar surface area (TPSA) is 69.1 Å². The Morgan fingerprint density at radius 1 is 1.21 bits per heavy atom. The van der Waals surface area contributed by atoms with Crippen LogP contribution in [-0.4, -0.2) is 25.9 Å². The molecule has 0 saturated carbocycles. The first kappa shape index (κ1) is 11.8. The molecule has 0 aliphatic carbocycles. The normalized spacial score (nSPS) is 11.1. The van der Waals surface area contributed by atoms with Crippen molar-refractivity contribution >= 4 is 5.65 Å². The van der Waals surface area contributed by atoms with E-state index in [4.69, 9.17) is 5.73 Å². The van der Waals surface area contributed by atoms with Gasteiger partial charge in [0.15, 0.2) is 0 Å². The van der Waals surface area contributed by atoms with Crippen LogP contribution in [0.3, 0.4) is 0 Å². The highest BCUT2D eigenvalue weighted by atomic mass is 15.0. The van der Waals surface area contributed by atoms with E-state index in [1.54, 1.807) is 6.20 Å². The van der Waals surface area contributed by atoms with Crippen molar-refractivity contribution < 1.29 is 0 Å². The maximum Gasteiger partial charge on any atom is 0.137 e. The zero-order valence-electron chi connectivity index (χ0n) is 10.7. The van der Waals surface area contributed by atoms with Gasteiger partial charge in [0.2, 0.25) is 0 Å². The fourth-order valence-corrected chi connectivity index (χ4v) is 2.16. The molecule has 2 N–H and O–H groups in total. The van der Waals surface area contributed by atoms with E-state index >= 15 is 0 Å². The number of aryl methyl sites for hydroxylation is 1. The Labute approximate surface area is 111 Å². The molecule has 0 spiro atoms. The minimum atomic E-state index is 0.586. The Bertz CT molecular complexity index is 717. The second-order valence-corrected chi connectivity index (χ2v) is 4.41. The molecule has 96 valence electrons. The van der Waals surface area contributed by atoms with E-state index in [9.17, 15) is 0 Å². The number of fused-ring (bicyclic) bond motifs is 1. The number of hydrogen-bond acceptors (Lipinski definition) is 4. The van der Waals surface area contributed by atoms with Crippen molar-refractivity contribution in [3.05, 3.63) is 48.2 Å². The minimum Gasteiger partial charge on any atom is -0.330 e. The van der Waals surface area contributed by atoms with Crippen molar-refractivity contribution in [1.82, 2.24) is 19.4 Å². The number of nitrogens with two attached hydrogens (primary N) is 1. The van der Waals surface area contributed by atoms with Crippen molar-refractivity contribution in [3.8, 4) is 11.4 Å². The van der Waals surface area contributed by atoms with Gasteiger partial charge in [-0.05, 0) is 25.6 Å². The quantitative estimate of drug-likeness (QED) is 0.769. The monoisotopic (exact) mass is 253 g/mol. The van der Waals surface area contributed by atoms with Gasteiger partial charge in [0.1, 0.15) is 11.3 Å². The third kappa shape index (κ3) is 2.08. The Balaban J connectivity index is 2.11. The van der Waals surface area contributed by atoms with Crippen LogP contribution in [0.25, 0.3) is 17.0 Å². The van der Waals surface area contributed by atoms with Crippen molar-refractivity contribution in [1.29, 1.82) is 0 Å². The van der Waals surface area contributed by atoms with Crippen LogP contribution in [0.2, 0.25) is 0 Å². The molecule has 0 aliphatic rings. The Hall–Kier alpha value is -2.27. The molecule has 0 aromatic carbocycles. The SMILES string of the molecule is Cc1nc(CCN)cnc1-c1cnc2ccccn12. The van der Waals surface area contributed by atoms with E-state index in [0.29, 0.717) is 6.54 Å². The van der Waals surface area contributed by atoms with Gasteiger partial charge < -0.3 is 5.73 Å². The van der Waals surface area contributed by atoms with Crippen molar-refractivity contribution in [2.45, 2.75) is 13.3 Å². The molecule has 5 heteroatoms. The van der Waals surface area contributed by atoms with Crippen LogP contribution < -0.4 is 5.73 Å². The highest BCUT2D eigenvalue weighted by Crippen LogP contribution is 2.21. The molecule has 0 fully saturated rings. The molecule has 0 saturated heterocycles. The highest BCUT2D eigenvalue weighted by Gasteiger charge is 2.10. The summed E-state index contributed by atoms with van der Waals surface area (Å²) in [5.41, 5.74) is 10.1. The molecule has 0 bridgehead atoms. The van der Waals surface area contributed by atoms with Crippen molar-refractivity contribution in [2.24, 2.45) is 5.73 Å². The summed E-state index contributed by atoms with van der Waals surface area (Å²) in [6.45, 7) is 2.55. The van der Waals surface area contributed by atoms with E-state index in [-0.39, 0.29) is 0 Å². The highest BCUT2D eigenvalue weighted by molar-refractivity contribution is 5.61. The van der Waals surface area contributed by atoms with Crippen LogP contribution >= 0.6 is 0 Å². The van der Waals surface area contributed by atoms with Crippen molar-refractivity contribution in [3.63, 3.8) is 0 Å². The molecule has 0 aliphatic heterocycles. The number of rotatable bonds is 3. The Kier molecular flexibility index (Phi) is 2.97. The summed E-state index contributed by atoms with van der Waals surface area (Å²) in [5, 5.41) is 0. The molecule has 0 unspecified atom stereocenters. The van der Waals surface area contributed by atoms with Gasteiger partial charge in [0, 0.05) is 18.8 Å². The molecule has 0 radical (unpaired) electrons. The number of pyridine rings is 1. The molecule has 3 aromatic rings. The lowest BCUT2D eigenvalue weighted by atomic mass is 10.2. The first-order valence-electron chi connectivity index (χ1n) is 6.24. The van der Waals surface area contributed by atoms with Crippen LogP contribution in [0.5, 0.6) is 0 Å². The zero-order valence-corrected chi connectivity index (χ0v) is 10.7. The standard InChI is InChI=1S/C14H15N5/c1-10-14(17-8-11(18-10)5-6-15)12-9-16-13-4-2-3-7-19(12)13/h2-4,7-9H,5-6,15H2,1H3. The van der Waals surface area contributed by atoms with Gasteiger partial charge in [-0.25, -0.2) is 4.98 Å². The molecular formula is C14H15N5. The van der Waals surface area contributed by atoms with Gasteiger partial charge in [0.25, 0.3) is 0 Å². The number of imidazole rings is 1. The smallest absolute Gasteiger partial charge is 0.137 e. The summed E-state index contributed by atoms with van der Waals surface area (Å²) < 4.78 is 2.01. The third-order valence-corrected chi connectivity index (χ3v) is 3.06. The van der Waals surface area contributed by atoms with Gasteiger partial charge in [-0.15, -0.1) is 0 Å². The number of aromatic nitrogens is 4. The lowest BCUT2D eigenvalue weighted by Gasteiger charge is -2.06. The molecular weight excluding hydrogens is 238 g/mol. The molecule has 19 heavy (non-hydrogen) atoms. The van der Waals surface area contributed by atoms with E-state index in [2.05, 4.69) is 15.0 Å². The second kappa shape index (κ2) is 4.78. The van der Waals surface area contributed by atoms with E-state index in [1.165, 1.54) is 0 Å². The second-order valence-electron chi connectivity index (χ2n) is 4.41. The summed E-state index contributed by atoms with van der Waals surface area (Å²) in [4.78, 5) is 13.4. The number of hydrogen-bond donors (Lipinski definition) is 1. The lowest BCUT2D eigenvalue weighted by molar-refractivity contribution is 0.894. The first-order chi connectivity index (χ1) is 9.29. The average molecular weight is 253 g/mol. The molecule has 3 aromatic heterocycles. The van der Waals surface area contributed by atoms with Crippen LogP contribution in [0, 0.1) is 6.92 Å². The summed E-state index contributed by atoms with van der Waals surface area (Å²) in [7, 11) is 0. The summed E-state index contributed by atoms with van der Waals surface area (Å²) in [6, 6.07) is 5.91. The minimum absolute atomic E-state index is 0.586.